The molecule has 0 rings (SSSR count). The smallest absolute Gasteiger partial charge is 0.191 e. The molecule has 0 aliphatic rings. The van der Waals surface area contributed by atoms with Gasteiger partial charge in [0.2, 0.25) is 0 Å². The van der Waals surface area contributed by atoms with Crippen LogP contribution in [0.5, 0.6) is 0 Å². The van der Waals surface area contributed by atoms with Crippen molar-refractivity contribution in [2.45, 2.75) is 0 Å². The summed E-state index contributed by atoms with van der Waals surface area (Å²) in [4.78, 5) is 0. The predicted molar refractivity (Wildman–Crippen MR) is 15.4 cm³/mol. The fourth-order valence-corrected chi connectivity index (χ4v) is 0. The minimum absolute atomic E-state index is 0. The molecule has 0 aliphatic heterocycles. The van der Waals surface area contributed by atoms with Gasteiger partial charge in [-0.25, -0.2) is 0 Å². The second-order valence-corrected chi connectivity index (χ2v) is 1.22. The molecule has 0 atom stereocenters. The van der Waals surface area contributed by atoms with E-state index in [0.29, 0.717) is 0 Å². The Morgan fingerprint density at radius 3 is 0.714 bits per heavy atom. The summed E-state index contributed by atoms with van der Waals surface area (Å²) in [6, 6.07) is 0. The molecule has 0 heterocycles. The Kier molecular flexibility index (Phi) is 131. The number of hydrogen-bond donors (Lipinski definition) is 0. The average Bonchev–Trinajstić information content (AvgIpc) is 0.918. The van der Waals surface area contributed by atoms with E-state index in [1.54, 1.807) is 0 Å². The van der Waals surface area contributed by atoms with E-state index in [1.165, 1.54) is 0 Å². The molecule has 0 saturated carbocycles. The second kappa shape index (κ2) is 30.8. The van der Waals surface area contributed by atoms with Crippen molar-refractivity contribution in [2.75, 3.05) is 0 Å². The van der Waals surface area contributed by atoms with Crippen LogP contribution in [0.1, 0.15) is 0 Å². The zero-order chi connectivity index (χ0) is 2.71. The quantitative estimate of drug-likeness (QED) is 0.432. The molecule has 0 bridgehead atoms. The number of hydrogen-bond acceptors (Lipinski definition) is 1. The monoisotopic (exact) mass is 430 g/mol. The van der Waals surface area contributed by atoms with Crippen LogP contribution in [0.3, 0.4) is 0 Å². The van der Waals surface area contributed by atoms with Gasteiger partial charge >= 0.3 is 0 Å². The Hall–Kier alpha value is 4.81. The first-order valence-electron chi connectivity index (χ1n) is 0.471. The van der Waals surface area contributed by atoms with Crippen LogP contribution in [0.15, 0.2) is 0 Å². The van der Waals surface area contributed by atoms with E-state index in [-0.39, 0.29) is 131 Å². The zero-order valence-corrected chi connectivity index (χ0v) is 17.5. The van der Waals surface area contributed by atoms with Crippen molar-refractivity contribution >= 4 is 21.0 Å². The van der Waals surface area contributed by atoms with Crippen LogP contribution in [0.4, 0.5) is 0 Å². The van der Waals surface area contributed by atoms with Crippen molar-refractivity contribution in [3.05, 3.63) is 0 Å². The third-order valence-electron chi connectivity index (χ3n) is 0. The first-order chi connectivity index (χ1) is 1.41. The number of rotatable bonds is 0. The molecule has 0 amide bonds. The van der Waals surface area contributed by atoms with Gasteiger partial charge in [0.15, 0.2) is 21.0 Å². The maximum absolute atomic E-state index is 4.08. The van der Waals surface area contributed by atoms with E-state index in [4.69, 9.17) is 0 Å². The minimum Gasteiger partial charge on any atom is -0.462 e. The summed E-state index contributed by atoms with van der Waals surface area (Å²) in [5.41, 5.74) is 0. The first kappa shape index (κ1) is 29.8. The zero-order valence-electron chi connectivity index (χ0n) is 3.87. The molecular weight excluding hydrogens is 428 g/mol. The summed E-state index contributed by atoms with van der Waals surface area (Å²) in [5.74, 6) is 0. The summed E-state index contributed by atoms with van der Waals surface area (Å²) in [5, 5.41) is 0. The molecule has 8 radical (unpaired) electrons. The van der Waals surface area contributed by atoms with Gasteiger partial charge in [-0.15, -0.1) is 0 Å². The SMILES string of the molecule is [SiH]O[SiH].[Y].[Y].[Y].[Y]. The molecule has 7 heavy (non-hydrogen) atoms. The summed E-state index contributed by atoms with van der Waals surface area (Å²) in [6.45, 7) is 0. The van der Waals surface area contributed by atoms with Crippen LogP contribution in [0, 0.1) is 0 Å². The molecular formula is H2OSi2Y4. The van der Waals surface area contributed by atoms with Crippen LogP contribution in [0.25, 0.3) is 0 Å². The molecule has 0 unspecified atom stereocenters. The molecule has 0 aromatic heterocycles. The fourth-order valence-electron chi connectivity index (χ4n) is 0. The van der Waals surface area contributed by atoms with Crippen molar-refractivity contribution in [1.82, 2.24) is 0 Å². The van der Waals surface area contributed by atoms with Gasteiger partial charge in [0, 0.05) is 131 Å². The van der Waals surface area contributed by atoms with E-state index in [2.05, 4.69) is 4.12 Å². The standard InChI is InChI=1S/H2OSi2.4Y/c2-1-3;;;;/h2-3H;;;;. The van der Waals surface area contributed by atoms with Gasteiger partial charge in [-0.1, -0.05) is 0 Å². The Balaban J connectivity index is -0.00000000333. The molecule has 28 valence electrons. The summed E-state index contributed by atoms with van der Waals surface area (Å²) in [7, 11) is 4.08. The van der Waals surface area contributed by atoms with E-state index < -0.39 is 0 Å². The maximum atomic E-state index is 4.08. The van der Waals surface area contributed by atoms with Crippen LogP contribution >= 0.6 is 0 Å². The van der Waals surface area contributed by atoms with Crippen molar-refractivity contribution in [3.63, 3.8) is 0 Å². The van der Waals surface area contributed by atoms with E-state index in [0.717, 1.165) is 0 Å². The van der Waals surface area contributed by atoms with Crippen molar-refractivity contribution in [3.8, 4) is 0 Å². The Bertz CT molecular complexity index is 9.65. The third-order valence-corrected chi connectivity index (χ3v) is 0. The predicted octanol–water partition coefficient (Wildman–Crippen LogP) is -1.38. The van der Waals surface area contributed by atoms with Gasteiger partial charge in [0.1, 0.15) is 0 Å². The molecule has 0 spiro atoms. The van der Waals surface area contributed by atoms with Crippen molar-refractivity contribution in [2.24, 2.45) is 0 Å². The van der Waals surface area contributed by atoms with Crippen molar-refractivity contribution < 1.29 is 135 Å². The summed E-state index contributed by atoms with van der Waals surface area (Å²) in [6.07, 6.45) is 0. The molecule has 0 saturated heterocycles. The Labute approximate surface area is 152 Å². The normalized spacial score (nSPS) is 2.57. The van der Waals surface area contributed by atoms with E-state index in [1.807, 2.05) is 21.0 Å². The molecule has 0 fully saturated rings. The Morgan fingerprint density at radius 1 is 0.714 bits per heavy atom. The van der Waals surface area contributed by atoms with Gasteiger partial charge < -0.3 is 4.12 Å². The average molecular weight is 430 g/mol. The molecule has 0 aliphatic carbocycles. The van der Waals surface area contributed by atoms with Gasteiger partial charge in [-0.05, 0) is 0 Å². The van der Waals surface area contributed by atoms with E-state index >= 15 is 0 Å². The fraction of sp³-hybridized carbons (Fsp3) is 0. The molecule has 1 nitrogen and oxygen atoms in total. The van der Waals surface area contributed by atoms with Gasteiger partial charge in [-0.2, -0.15) is 0 Å². The summed E-state index contributed by atoms with van der Waals surface area (Å²) < 4.78 is 4.08. The van der Waals surface area contributed by atoms with Crippen LogP contribution in [0.2, 0.25) is 0 Å². The molecule has 0 N–H and O–H groups in total. The minimum atomic E-state index is 0. The van der Waals surface area contributed by atoms with Crippen LogP contribution in [-0.2, 0) is 135 Å². The van der Waals surface area contributed by atoms with Gasteiger partial charge in [0.25, 0.3) is 0 Å². The van der Waals surface area contributed by atoms with Crippen LogP contribution in [-0.4, -0.2) is 21.0 Å². The maximum Gasteiger partial charge on any atom is 0.191 e. The van der Waals surface area contributed by atoms with Gasteiger partial charge in [0.05, 0.1) is 0 Å². The summed E-state index contributed by atoms with van der Waals surface area (Å²) >= 11 is 0. The molecule has 0 aromatic rings. The molecule has 7 heteroatoms. The Morgan fingerprint density at radius 2 is 0.714 bits per heavy atom. The molecule has 0 aromatic carbocycles. The van der Waals surface area contributed by atoms with Gasteiger partial charge in [-0.3, -0.25) is 0 Å². The first-order valence-corrected chi connectivity index (χ1v) is 1.41. The topological polar surface area (TPSA) is 9.23 Å². The van der Waals surface area contributed by atoms with Crippen LogP contribution < -0.4 is 0 Å². The van der Waals surface area contributed by atoms with Crippen molar-refractivity contribution in [1.29, 1.82) is 0 Å². The largest absolute Gasteiger partial charge is 0.462 e. The third kappa shape index (κ3) is 36.3. The second-order valence-electron chi connectivity index (χ2n) is 0.136. The van der Waals surface area contributed by atoms with E-state index in [9.17, 15) is 0 Å².